The molecule has 0 bridgehead atoms. The predicted octanol–water partition coefficient (Wildman–Crippen LogP) is 2.24. The second-order valence-electron chi connectivity index (χ2n) is 6.13. The first-order valence-corrected chi connectivity index (χ1v) is 9.66. The number of para-hydroxylation sites is 1. The molecule has 1 aromatic heterocycles. The van der Waals surface area contributed by atoms with Gasteiger partial charge in [0.05, 0.1) is 10.6 Å². The van der Waals surface area contributed by atoms with Crippen LogP contribution < -0.4 is 4.90 Å². The Bertz CT molecular complexity index is 785. The molecule has 0 spiro atoms. The number of sulfone groups is 1. The number of anilines is 1. The van der Waals surface area contributed by atoms with Crippen molar-refractivity contribution in [3.63, 3.8) is 0 Å². The van der Waals surface area contributed by atoms with Gasteiger partial charge < -0.3 is 9.42 Å². The van der Waals surface area contributed by atoms with Crippen LogP contribution >= 0.6 is 0 Å². The highest BCUT2D eigenvalue weighted by atomic mass is 32.2. The molecule has 0 saturated carbocycles. The van der Waals surface area contributed by atoms with Crippen molar-refractivity contribution in [2.75, 3.05) is 24.2 Å². The summed E-state index contributed by atoms with van der Waals surface area (Å²) in [6.45, 7) is 3.46. The van der Waals surface area contributed by atoms with E-state index in [1.807, 2.05) is 12.1 Å². The van der Waals surface area contributed by atoms with Crippen molar-refractivity contribution in [3.8, 4) is 0 Å². The van der Waals surface area contributed by atoms with Crippen molar-refractivity contribution in [1.29, 1.82) is 0 Å². The molecule has 7 heteroatoms. The molecule has 1 saturated heterocycles. The van der Waals surface area contributed by atoms with Crippen LogP contribution in [0.4, 0.5) is 5.69 Å². The Morgan fingerprint density at radius 2 is 2.13 bits per heavy atom. The summed E-state index contributed by atoms with van der Waals surface area (Å²) in [5, 5.41) is 3.96. The standard InChI is InChI=1S/C16H21N3O3S/c1-12-17-16(18-22-12)10-13-6-5-9-19(11-13)14-7-3-4-8-15(14)23(2,20)21/h3-4,7-8,13H,5-6,9-11H2,1-2H3/t13-/m1/s1. The summed E-state index contributed by atoms with van der Waals surface area (Å²) in [6.07, 6.45) is 4.13. The number of aryl methyl sites for hydroxylation is 1. The molecule has 6 nitrogen and oxygen atoms in total. The molecule has 0 amide bonds. The van der Waals surface area contributed by atoms with Crippen molar-refractivity contribution in [2.24, 2.45) is 5.92 Å². The maximum Gasteiger partial charge on any atom is 0.223 e. The predicted molar refractivity (Wildman–Crippen MR) is 87.2 cm³/mol. The molecule has 0 aliphatic carbocycles. The number of benzene rings is 1. The van der Waals surface area contributed by atoms with E-state index in [2.05, 4.69) is 15.0 Å². The summed E-state index contributed by atoms with van der Waals surface area (Å²) in [4.78, 5) is 6.83. The Hall–Kier alpha value is -1.89. The molecule has 1 fully saturated rings. The molecule has 0 radical (unpaired) electrons. The third-order valence-electron chi connectivity index (χ3n) is 4.17. The lowest BCUT2D eigenvalue weighted by Gasteiger charge is -2.35. The van der Waals surface area contributed by atoms with Gasteiger partial charge in [-0.3, -0.25) is 0 Å². The van der Waals surface area contributed by atoms with E-state index >= 15 is 0 Å². The van der Waals surface area contributed by atoms with E-state index in [1.165, 1.54) is 6.26 Å². The van der Waals surface area contributed by atoms with E-state index < -0.39 is 9.84 Å². The van der Waals surface area contributed by atoms with Gasteiger partial charge in [-0.2, -0.15) is 4.98 Å². The van der Waals surface area contributed by atoms with E-state index in [-0.39, 0.29) is 0 Å². The van der Waals surface area contributed by atoms with Crippen molar-refractivity contribution in [1.82, 2.24) is 10.1 Å². The monoisotopic (exact) mass is 335 g/mol. The average Bonchev–Trinajstić information content (AvgIpc) is 2.92. The maximum atomic E-state index is 12.0. The second kappa shape index (κ2) is 6.31. The van der Waals surface area contributed by atoms with Gasteiger partial charge in [0, 0.05) is 32.7 Å². The summed E-state index contributed by atoms with van der Waals surface area (Å²) in [7, 11) is -3.24. The van der Waals surface area contributed by atoms with E-state index in [0.717, 1.165) is 43.9 Å². The molecule has 1 atom stereocenters. The van der Waals surface area contributed by atoms with Crippen LogP contribution in [0.25, 0.3) is 0 Å². The van der Waals surface area contributed by atoms with Gasteiger partial charge in [0.2, 0.25) is 5.89 Å². The van der Waals surface area contributed by atoms with E-state index in [1.54, 1.807) is 19.1 Å². The highest BCUT2D eigenvalue weighted by Gasteiger charge is 2.25. The summed E-state index contributed by atoms with van der Waals surface area (Å²) in [5.41, 5.74) is 0.795. The van der Waals surface area contributed by atoms with Gasteiger partial charge in [-0.05, 0) is 30.9 Å². The third-order valence-corrected chi connectivity index (χ3v) is 5.31. The molecule has 1 aliphatic rings. The first-order chi connectivity index (χ1) is 10.9. The Morgan fingerprint density at radius 3 is 2.83 bits per heavy atom. The van der Waals surface area contributed by atoms with Crippen LogP contribution in [0.2, 0.25) is 0 Å². The minimum atomic E-state index is -3.24. The fraction of sp³-hybridized carbons (Fsp3) is 0.500. The summed E-state index contributed by atoms with van der Waals surface area (Å²) in [6, 6.07) is 7.22. The molecule has 23 heavy (non-hydrogen) atoms. The van der Waals surface area contributed by atoms with Crippen molar-refractivity contribution >= 4 is 15.5 Å². The molecule has 2 heterocycles. The first-order valence-electron chi connectivity index (χ1n) is 7.76. The van der Waals surface area contributed by atoms with Gasteiger partial charge in [-0.1, -0.05) is 17.3 Å². The zero-order valence-electron chi connectivity index (χ0n) is 13.4. The van der Waals surface area contributed by atoms with Crippen molar-refractivity contribution < 1.29 is 12.9 Å². The lowest BCUT2D eigenvalue weighted by molar-refractivity contribution is 0.369. The molecular formula is C16H21N3O3S. The lowest BCUT2D eigenvalue weighted by atomic mass is 9.94. The number of hydrogen-bond donors (Lipinski definition) is 0. The topological polar surface area (TPSA) is 76.3 Å². The number of nitrogens with zero attached hydrogens (tertiary/aromatic N) is 3. The largest absolute Gasteiger partial charge is 0.370 e. The Balaban J connectivity index is 1.79. The second-order valence-corrected chi connectivity index (χ2v) is 8.11. The van der Waals surface area contributed by atoms with Crippen LogP contribution in [0, 0.1) is 12.8 Å². The summed E-state index contributed by atoms with van der Waals surface area (Å²) < 4.78 is 29.1. The maximum absolute atomic E-state index is 12.0. The van der Waals surface area contributed by atoms with Crippen LogP contribution in [-0.4, -0.2) is 37.9 Å². The summed E-state index contributed by atoms with van der Waals surface area (Å²) in [5.74, 6) is 1.70. The molecule has 0 N–H and O–H groups in total. The van der Waals surface area contributed by atoms with Gasteiger partial charge in [-0.25, -0.2) is 8.42 Å². The Kier molecular flexibility index (Phi) is 4.39. The average molecular weight is 335 g/mol. The highest BCUT2D eigenvalue weighted by Crippen LogP contribution is 2.30. The van der Waals surface area contributed by atoms with Crippen LogP contribution in [0.3, 0.4) is 0 Å². The molecule has 124 valence electrons. The van der Waals surface area contributed by atoms with E-state index in [4.69, 9.17) is 4.52 Å². The number of aromatic nitrogens is 2. The smallest absolute Gasteiger partial charge is 0.223 e. The first kappa shape index (κ1) is 16.0. The highest BCUT2D eigenvalue weighted by molar-refractivity contribution is 7.90. The van der Waals surface area contributed by atoms with Crippen LogP contribution in [0.15, 0.2) is 33.7 Å². The zero-order valence-corrected chi connectivity index (χ0v) is 14.2. The lowest BCUT2D eigenvalue weighted by Crippen LogP contribution is -2.37. The normalized spacial score (nSPS) is 19.0. The van der Waals surface area contributed by atoms with Crippen LogP contribution in [0.5, 0.6) is 0 Å². The van der Waals surface area contributed by atoms with Gasteiger partial charge >= 0.3 is 0 Å². The minimum absolute atomic E-state index is 0.397. The summed E-state index contributed by atoms with van der Waals surface area (Å²) >= 11 is 0. The number of piperidine rings is 1. The van der Waals surface area contributed by atoms with Crippen LogP contribution in [-0.2, 0) is 16.3 Å². The minimum Gasteiger partial charge on any atom is -0.370 e. The SMILES string of the molecule is Cc1nc(C[C@H]2CCCN(c3ccccc3S(C)(=O)=O)C2)no1. The number of rotatable bonds is 4. The molecule has 1 aliphatic heterocycles. The van der Waals surface area contributed by atoms with Gasteiger partial charge in [-0.15, -0.1) is 0 Å². The van der Waals surface area contributed by atoms with E-state index in [9.17, 15) is 8.42 Å². The molecule has 2 aromatic rings. The quantitative estimate of drug-likeness (QED) is 0.853. The fourth-order valence-electron chi connectivity index (χ4n) is 3.16. The Morgan fingerprint density at radius 1 is 1.35 bits per heavy atom. The third kappa shape index (κ3) is 3.72. The van der Waals surface area contributed by atoms with Gasteiger partial charge in [0.15, 0.2) is 15.7 Å². The number of hydrogen-bond acceptors (Lipinski definition) is 6. The van der Waals surface area contributed by atoms with Crippen molar-refractivity contribution in [3.05, 3.63) is 36.0 Å². The fourth-order valence-corrected chi connectivity index (χ4v) is 4.07. The molecule has 1 aromatic carbocycles. The molecule has 3 rings (SSSR count). The van der Waals surface area contributed by atoms with Gasteiger partial charge in [0.1, 0.15) is 0 Å². The Labute approximate surface area is 136 Å². The molecule has 0 unspecified atom stereocenters. The van der Waals surface area contributed by atoms with Crippen molar-refractivity contribution in [2.45, 2.75) is 31.1 Å². The van der Waals surface area contributed by atoms with Crippen LogP contribution in [0.1, 0.15) is 24.6 Å². The van der Waals surface area contributed by atoms with Gasteiger partial charge in [0.25, 0.3) is 0 Å². The molecular weight excluding hydrogens is 314 g/mol. The van der Waals surface area contributed by atoms with E-state index in [0.29, 0.717) is 16.7 Å². The zero-order chi connectivity index (χ0) is 16.4.